The second-order valence-corrected chi connectivity index (χ2v) is 4.38. The van der Waals surface area contributed by atoms with Crippen molar-refractivity contribution in [3.05, 3.63) is 0 Å². The van der Waals surface area contributed by atoms with Gasteiger partial charge in [-0.05, 0) is 49.4 Å². The Morgan fingerprint density at radius 1 is 1.00 bits per heavy atom. The van der Waals surface area contributed by atoms with Gasteiger partial charge in [-0.1, -0.05) is 0 Å². The molecule has 1 N–H and O–H groups in total. The van der Waals surface area contributed by atoms with E-state index >= 15 is 0 Å². The van der Waals surface area contributed by atoms with Gasteiger partial charge in [-0.25, -0.2) is 0 Å². The van der Waals surface area contributed by atoms with Gasteiger partial charge >= 0.3 is 0 Å². The molecule has 3 rings (SSSR count). The predicted molar refractivity (Wildman–Crippen MR) is 38.4 cm³/mol. The van der Waals surface area contributed by atoms with Crippen molar-refractivity contribution >= 4 is 0 Å². The topological polar surface area (TPSA) is 20.2 Å². The molecule has 0 aromatic carbocycles. The van der Waals surface area contributed by atoms with Gasteiger partial charge in [0.2, 0.25) is 0 Å². The number of hydrogen-bond acceptors (Lipinski definition) is 1. The molecule has 4 bridgehead atoms. The molecule has 3 fully saturated rings. The highest BCUT2D eigenvalue weighted by atomic mass is 16.3. The Kier molecular flexibility index (Phi) is 0.883. The highest BCUT2D eigenvalue weighted by molar-refractivity contribution is 5.05. The van der Waals surface area contributed by atoms with Gasteiger partial charge in [-0.2, -0.15) is 0 Å². The summed E-state index contributed by atoms with van der Waals surface area (Å²) >= 11 is 0. The quantitative estimate of drug-likeness (QED) is 0.536. The summed E-state index contributed by atoms with van der Waals surface area (Å²) in [6, 6.07) is 0. The number of hydrogen-bond donors (Lipinski definition) is 1. The van der Waals surface area contributed by atoms with Gasteiger partial charge in [-0.15, -0.1) is 0 Å². The maximum Gasteiger partial charge on any atom is 0.0576 e. The summed E-state index contributed by atoms with van der Waals surface area (Å²) in [7, 11) is 0. The molecule has 0 aliphatic heterocycles. The van der Waals surface area contributed by atoms with Crippen molar-refractivity contribution in [1.29, 1.82) is 0 Å². The third kappa shape index (κ3) is 0.460. The van der Waals surface area contributed by atoms with Crippen LogP contribution < -0.4 is 0 Å². The van der Waals surface area contributed by atoms with Gasteiger partial charge in [0.15, 0.2) is 0 Å². The average molecular weight is 138 g/mol. The van der Waals surface area contributed by atoms with E-state index in [-0.39, 0.29) is 6.10 Å². The lowest BCUT2D eigenvalue weighted by Gasteiger charge is -2.23. The first-order valence-electron chi connectivity index (χ1n) is 4.54. The molecule has 56 valence electrons. The SMILES string of the molecule is OC1CC2CC3CCC2C13. The first-order valence-corrected chi connectivity index (χ1v) is 4.54. The summed E-state index contributed by atoms with van der Waals surface area (Å²) in [4.78, 5) is 0. The molecule has 0 heterocycles. The molecular formula is C9H14O. The van der Waals surface area contributed by atoms with E-state index in [1.807, 2.05) is 0 Å². The van der Waals surface area contributed by atoms with Crippen LogP contribution in [0.4, 0.5) is 0 Å². The molecule has 0 aromatic heterocycles. The van der Waals surface area contributed by atoms with Gasteiger partial charge in [-0.3, -0.25) is 0 Å². The summed E-state index contributed by atoms with van der Waals surface area (Å²) in [5.74, 6) is 3.54. The third-order valence-corrected chi connectivity index (χ3v) is 4.11. The highest BCUT2D eigenvalue weighted by Gasteiger charge is 2.56. The Morgan fingerprint density at radius 2 is 1.90 bits per heavy atom. The van der Waals surface area contributed by atoms with Gasteiger partial charge in [0.1, 0.15) is 0 Å². The predicted octanol–water partition coefficient (Wildman–Crippen LogP) is 1.41. The molecule has 10 heavy (non-hydrogen) atoms. The molecule has 3 aliphatic rings. The van der Waals surface area contributed by atoms with E-state index in [1.165, 1.54) is 19.3 Å². The van der Waals surface area contributed by atoms with Crippen LogP contribution in [0.2, 0.25) is 0 Å². The first kappa shape index (κ1) is 5.59. The molecule has 0 saturated heterocycles. The van der Waals surface area contributed by atoms with Crippen molar-refractivity contribution in [1.82, 2.24) is 0 Å². The van der Waals surface area contributed by atoms with E-state index in [1.54, 1.807) is 0 Å². The molecule has 0 radical (unpaired) electrons. The second-order valence-electron chi connectivity index (χ2n) is 4.38. The monoisotopic (exact) mass is 138 g/mol. The molecule has 3 aliphatic carbocycles. The molecule has 3 saturated carbocycles. The van der Waals surface area contributed by atoms with Crippen LogP contribution >= 0.6 is 0 Å². The fourth-order valence-electron chi connectivity index (χ4n) is 3.87. The van der Waals surface area contributed by atoms with Crippen LogP contribution in [-0.4, -0.2) is 11.2 Å². The summed E-state index contributed by atoms with van der Waals surface area (Å²) in [5, 5.41) is 9.60. The zero-order chi connectivity index (χ0) is 6.72. The van der Waals surface area contributed by atoms with Crippen molar-refractivity contribution in [2.24, 2.45) is 23.7 Å². The van der Waals surface area contributed by atoms with Crippen molar-refractivity contribution < 1.29 is 5.11 Å². The van der Waals surface area contributed by atoms with E-state index in [0.29, 0.717) is 0 Å². The van der Waals surface area contributed by atoms with Gasteiger partial charge in [0, 0.05) is 0 Å². The van der Waals surface area contributed by atoms with Gasteiger partial charge < -0.3 is 5.11 Å². The van der Waals surface area contributed by atoms with E-state index in [9.17, 15) is 5.11 Å². The van der Waals surface area contributed by atoms with Crippen LogP contribution in [-0.2, 0) is 0 Å². The fraction of sp³-hybridized carbons (Fsp3) is 1.00. The second kappa shape index (κ2) is 1.58. The Labute approximate surface area is 61.4 Å². The molecule has 0 aromatic rings. The van der Waals surface area contributed by atoms with Crippen LogP contribution in [0.15, 0.2) is 0 Å². The Balaban J connectivity index is 1.99. The van der Waals surface area contributed by atoms with E-state index in [2.05, 4.69) is 0 Å². The Morgan fingerprint density at radius 3 is 2.50 bits per heavy atom. The van der Waals surface area contributed by atoms with E-state index < -0.39 is 0 Å². The van der Waals surface area contributed by atoms with Crippen molar-refractivity contribution in [2.75, 3.05) is 0 Å². The zero-order valence-electron chi connectivity index (χ0n) is 6.16. The minimum Gasteiger partial charge on any atom is -0.393 e. The summed E-state index contributed by atoms with van der Waals surface area (Å²) in [5.41, 5.74) is 0. The van der Waals surface area contributed by atoms with Crippen LogP contribution in [0.1, 0.15) is 25.7 Å². The Hall–Kier alpha value is -0.0400. The van der Waals surface area contributed by atoms with E-state index in [0.717, 1.165) is 30.1 Å². The smallest absolute Gasteiger partial charge is 0.0576 e. The standard InChI is InChI=1S/C9H14O/c10-8-4-6-3-5-1-2-7(6)9(5)8/h5-10H,1-4H2. The zero-order valence-corrected chi connectivity index (χ0v) is 6.16. The molecule has 0 amide bonds. The number of aliphatic hydroxyl groups is 1. The first-order chi connectivity index (χ1) is 4.86. The molecule has 5 atom stereocenters. The average Bonchev–Trinajstić information content (AvgIpc) is 2.49. The van der Waals surface area contributed by atoms with Gasteiger partial charge in [0.05, 0.1) is 6.10 Å². The van der Waals surface area contributed by atoms with Crippen LogP contribution in [0.25, 0.3) is 0 Å². The minimum absolute atomic E-state index is 0.0937. The van der Waals surface area contributed by atoms with Crippen LogP contribution in [0.3, 0.4) is 0 Å². The summed E-state index contributed by atoms with van der Waals surface area (Å²) in [6.07, 6.45) is 5.52. The minimum atomic E-state index is 0.0937. The van der Waals surface area contributed by atoms with Crippen LogP contribution in [0.5, 0.6) is 0 Å². The molecular weight excluding hydrogens is 124 g/mol. The van der Waals surface area contributed by atoms with Gasteiger partial charge in [0.25, 0.3) is 0 Å². The number of aliphatic hydroxyl groups excluding tert-OH is 1. The summed E-state index contributed by atoms with van der Waals surface area (Å²) < 4.78 is 0. The molecule has 1 nitrogen and oxygen atoms in total. The lowest BCUT2D eigenvalue weighted by Crippen LogP contribution is -2.22. The molecule has 1 heteroatoms. The summed E-state index contributed by atoms with van der Waals surface area (Å²) in [6.45, 7) is 0. The molecule has 0 spiro atoms. The fourth-order valence-corrected chi connectivity index (χ4v) is 3.87. The van der Waals surface area contributed by atoms with Crippen molar-refractivity contribution in [2.45, 2.75) is 31.8 Å². The normalized spacial score (nSPS) is 63.9. The third-order valence-electron chi connectivity index (χ3n) is 4.11. The van der Waals surface area contributed by atoms with E-state index in [4.69, 9.17) is 0 Å². The van der Waals surface area contributed by atoms with Crippen LogP contribution in [0, 0.1) is 23.7 Å². The number of rotatable bonds is 0. The lowest BCUT2D eigenvalue weighted by molar-refractivity contribution is 0.0856. The molecule has 5 unspecified atom stereocenters. The lowest BCUT2D eigenvalue weighted by atomic mass is 9.85. The maximum atomic E-state index is 9.60. The largest absolute Gasteiger partial charge is 0.393 e. The highest BCUT2D eigenvalue weighted by Crippen LogP contribution is 2.60. The Bertz CT molecular complexity index is 164. The van der Waals surface area contributed by atoms with Crippen molar-refractivity contribution in [3.8, 4) is 0 Å². The maximum absolute atomic E-state index is 9.60. The van der Waals surface area contributed by atoms with Crippen molar-refractivity contribution in [3.63, 3.8) is 0 Å².